The van der Waals surface area contributed by atoms with Crippen molar-refractivity contribution < 1.29 is 9.21 Å². The second-order valence-corrected chi connectivity index (χ2v) is 5.82. The molecule has 1 amide bonds. The van der Waals surface area contributed by atoms with Crippen molar-refractivity contribution in [2.24, 2.45) is 0 Å². The first-order valence-corrected chi connectivity index (χ1v) is 7.52. The fourth-order valence-electron chi connectivity index (χ4n) is 2.56. The summed E-state index contributed by atoms with van der Waals surface area (Å²) in [7, 11) is 0. The predicted molar refractivity (Wildman–Crippen MR) is 78.3 cm³/mol. The molecule has 0 unspecified atom stereocenters. The van der Waals surface area contributed by atoms with Crippen LogP contribution in [-0.4, -0.2) is 23.9 Å². The molecule has 3 rings (SSSR count). The number of fused-ring (bicyclic) bond motifs is 1. The molecule has 1 aliphatic heterocycles. The molecule has 0 aliphatic carbocycles. The molecule has 1 aromatic heterocycles. The van der Waals surface area contributed by atoms with Gasteiger partial charge in [0.1, 0.15) is 5.58 Å². The molecule has 4 heteroatoms. The summed E-state index contributed by atoms with van der Waals surface area (Å²) in [6, 6.07) is 7.60. The summed E-state index contributed by atoms with van der Waals surface area (Å²) in [6.45, 7) is 1.69. The van der Waals surface area contributed by atoms with E-state index >= 15 is 0 Å². The molecule has 0 spiro atoms. The first-order chi connectivity index (χ1) is 9.25. The highest BCUT2D eigenvalue weighted by Gasteiger charge is 2.21. The van der Waals surface area contributed by atoms with E-state index in [4.69, 9.17) is 4.42 Å². The van der Waals surface area contributed by atoms with Gasteiger partial charge in [-0.3, -0.25) is 4.79 Å². The van der Waals surface area contributed by atoms with Crippen LogP contribution < -0.4 is 0 Å². The molecule has 0 saturated carbocycles. The van der Waals surface area contributed by atoms with Gasteiger partial charge in [-0.25, -0.2) is 0 Å². The molecule has 1 aromatic carbocycles. The fraction of sp³-hybridized carbons (Fsp3) is 0.400. The molecule has 2 heterocycles. The van der Waals surface area contributed by atoms with Gasteiger partial charge in [-0.2, -0.15) is 0 Å². The molecule has 19 heavy (non-hydrogen) atoms. The number of furan rings is 1. The zero-order valence-electron chi connectivity index (χ0n) is 10.7. The Hall–Kier alpha value is -1.29. The molecule has 0 atom stereocenters. The minimum absolute atomic E-state index is 0.0185. The zero-order chi connectivity index (χ0) is 13.2. The second kappa shape index (κ2) is 5.37. The highest BCUT2D eigenvalue weighted by molar-refractivity contribution is 9.10. The van der Waals surface area contributed by atoms with E-state index in [-0.39, 0.29) is 5.91 Å². The molecule has 0 bridgehead atoms. The maximum atomic E-state index is 12.5. The Morgan fingerprint density at radius 1 is 1.16 bits per heavy atom. The summed E-state index contributed by atoms with van der Waals surface area (Å²) in [5.74, 6) is 0.466. The van der Waals surface area contributed by atoms with Gasteiger partial charge in [0.25, 0.3) is 5.91 Å². The topological polar surface area (TPSA) is 33.5 Å². The predicted octanol–water partition coefficient (Wildman–Crippen LogP) is 4.21. The van der Waals surface area contributed by atoms with E-state index in [1.807, 2.05) is 29.2 Å². The summed E-state index contributed by atoms with van der Waals surface area (Å²) < 4.78 is 6.65. The second-order valence-electron chi connectivity index (χ2n) is 4.97. The van der Waals surface area contributed by atoms with Crippen molar-refractivity contribution in [3.63, 3.8) is 0 Å². The van der Waals surface area contributed by atoms with Crippen molar-refractivity contribution in [2.45, 2.75) is 25.7 Å². The lowest BCUT2D eigenvalue weighted by Crippen LogP contribution is -2.31. The van der Waals surface area contributed by atoms with E-state index in [1.165, 1.54) is 12.8 Å². The maximum Gasteiger partial charge on any atom is 0.289 e. The molecular weight excluding hydrogens is 306 g/mol. The normalized spacial score (nSPS) is 16.6. The number of likely N-dealkylation sites (tertiary alicyclic amines) is 1. The first kappa shape index (κ1) is 12.7. The van der Waals surface area contributed by atoms with Gasteiger partial charge in [0.05, 0.1) is 0 Å². The monoisotopic (exact) mass is 321 g/mol. The molecule has 0 radical (unpaired) electrons. The number of carbonyl (C=O) groups is 1. The smallest absolute Gasteiger partial charge is 0.289 e. The van der Waals surface area contributed by atoms with Gasteiger partial charge in [-0.15, -0.1) is 0 Å². The zero-order valence-corrected chi connectivity index (χ0v) is 12.3. The van der Waals surface area contributed by atoms with E-state index in [0.717, 1.165) is 41.4 Å². The summed E-state index contributed by atoms with van der Waals surface area (Å²) >= 11 is 3.48. The number of halogens is 1. The Bertz CT molecular complexity index is 597. The summed E-state index contributed by atoms with van der Waals surface area (Å²) in [5, 5.41) is 0.959. The highest BCUT2D eigenvalue weighted by Crippen LogP contribution is 2.27. The third-order valence-electron chi connectivity index (χ3n) is 3.61. The average molecular weight is 322 g/mol. The minimum Gasteiger partial charge on any atom is -0.451 e. The van der Waals surface area contributed by atoms with Crippen LogP contribution in [0.1, 0.15) is 36.2 Å². The molecular formula is C15H16BrNO2. The third kappa shape index (κ3) is 2.54. The highest BCUT2D eigenvalue weighted by atomic mass is 79.9. The van der Waals surface area contributed by atoms with Crippen LogP contribution in [0.15, 0.2) is 33.2 Å². The van der Waals surface area contributed by atoms with Crippen LogP contribution in [0.3, 0.4) is 0 Å². The minimum atomic E-state index is 0.0185. The largest absolute Gasteiger partial charge is 0.451 e. The van der Waals surface area contributed by atoms with E-state index < -0.39 is 0 Å². The van der Waals surface area contributed by atoms with Gasteiger partial charge >= 0.3 is 0 Å². The van der Waals surface area contributed by atoms with Gasteiger partial charge in [-0.05, 0) is 31.0 Å². The maximum absolute atomic E-state index is 12.5. The summed E-state index contributed by atoms with van der Waals surface area (Å²) in [6.07, 6.45) is 4.62. The van der Waals surface area contributed by atoms with Crippen LogP contribution in [0.4, 0.5) is 0 Å². The average Bonchev–Trinajstić information content (AvgIpc) is 2.67. The van der Waals surface area contributed by atoms with Crippen LogP contribution in [-0.2, 0) is 0 Å². The summed E-state index contributed by atoms with van der Waals surface area (Å²) in [5.41, 5.74) is 0.757. The molecule has 0 N–H and O–H groups in total. The van der Waals surface area contributed by atoms with Gasteiger partial charge in [-0.1, -0.05) is 34.8 Å². The van der Waals surface area contributed by atoms with Crippen LogP contribution in [0, 0.1) is 0 Å². The molecule has 100 valence electrons. The van der Waals surface area contributed by atoms with E-state index in [9.17, 15) is 4.79 Å². The van der Waals surface area contributed by atoms with Gasteiger partial charge in [0, 0.05) is 22.9 Å². The van der Waals surface area contributed by atoms with Gasteiger partial charge in [0.2, 0.25) is 0 Å². The standard InChI is InChI=1S/C15H16BrNO2/c16-12-6-5-7-13-11(12)10-14(19-13)15(18)17-8-3-1-2-4-9-17/h5-7,10H,1-4,8-9H2. The Labute approximate surface area is 120 Å². The molecule has 1 fully saturated rings. The van der Waals surface area contributed by atoms with Crippen molar-refractivity contribution in [2.75, 3.05) is 13.1 Å². The Morgan fingerprint density at radius 2 is 1.89 bits per heavy atom. The first-order valence-electron chi connectivity index (χ1n) is 6.73. The van der Waals surface area contributed by atoms with Crippen molar-refractivity contribution in [1.29, 1.82) is 0 Å². The number of rotatable bonds is 1. The Balaban J connectivity index is 1.90. The number of hydrogen-bond acceptors (Lipinski definition) is 2. The lowest BCUT2D eigenvalue weighted by molar-refractivity contribution is 0.0732. The SMILES string of the molecule is O=C(c1cc2c(Br)cccc2o1)N1CCCCCC1. The number of hydrogen-bond donors (Lipinski definition) is 0. The number of nitrogens with zero attached hydrogens (tertiary/aromatic N) is 1. The van der Waals surface area contributed by atoms with Crippen LogP contribution in [0.2, 0.25) is 0 Å². The van der Waals surface area contributed by atoms with Gasteiger partial charge in [0.15, 0.2) is 5.76 Å². The third-order valence-corrected chi connectivity index (χ3v) is 4.30. The molecule has 1 saturated heterocycles. The lowest BCUT2D eigenvalue weighted by Gasteiger charge is -2.18. The van der Waals surface area contributed by atoms with Crippen LogP contribution >= 0.6 is 15.9 Å². The van der Waals surface area contributed by atoms with Gasteiger partial charge < -0.3 is 9.32 Å². The van der Waals surface area contributed by atoms with Crippen LogP contribution in [0.25, 0.3) is 11.0 Å². The lowest BCUT2D eigenvalue weighted by atomic mass is 10.2. The molecule has 3 nitrogen and oxygen atoms in total. The van der Waals surface area contributed by atoms with Crippen molar-refractivity contribution in [3.8, 4) is 0 Å². The van der Waals surface area contributed by atoms with Crippen molar-refractivity contribution in [1.82, 2.24) is 4.90 Å². The summed E-state index contributed by atoms with van der Waals surface area (Å²) in [4.78, 5) is 14.4. The number of amides is 1. The quantitative estimate of drug-likeness (QED) is 0.788. The number of benzene rings is 1. The van der Waals surface area contributed by atoms with Crippen molar-refractivity contribution >= 4 is 32.8 Å². The van der Waals surface area contributed by atoms with E-state index in [0.29, 0.717) is 5.76 Å². The molecule has 2 aromatic rings. The van der Waals surface area contributed by atoms with Crippen LogP contribution in [0.5, 0.6) is 0 Å². The van der Waals surface area contributed by atoms with E-state index in [2.05, 4.69) is 15.9 Å². The van der Waals surface area contributed by atoms with E-state index in [1.54, 1.807) is 0 Å². The Kier molecular flexibility index (Phi) is 3.60. The number of carbonyl (C=O) groups excluding carboxylic acids is 1. The van der Waals surface area contributed by atoms with Crippen molar-refractivity contribution in [3.05, 3.63) is 34.5 Å². The molecule has 1 aliphatic rings. The fourth-order valence-corrected chi connectivity index (χ4v) is 3.02. The Morgan fingerprint density at radius 3 is 2.58 bits per heavy atom.